The molecule has 16 heavy (non-hydrogen) atoms. The lowest BCUT2D eigenvalue weighted by Gasteiger charge is -2.23. The predicted molar refractivity (Wildman–Crippen MR) is 65.3 cm³/mol. The molecule has 2 aliphatic rings. The van der Waals surface area contributed by atoms with Crippen molar-refractivity contribution in [3.8, 4) is 0 Å². The van der Waals surface area contributed by atoms with Crippen molar-refractivity contribution in [2.24, 2.45) is 11.8 Å². The maximum atomic E-state index is 9.02. The highest BCUT2D eigenvalue weighted by atomic mass is 16.3. The summed E-state index contributed by atoms with van der Waals surface area (Å²) in [5, 5.41) is 24.3. The molecule has 0 aliphatic carbocycles. The average molecular weight is 230 g/mol. The molecule has 0 radical (unpaired) electrons. The lowest BCUT2D eigenvalue weighted by Crippen LogP contribution is -2.38. The van der Waals surface area contributed by atoms with E-state index in [1.165, 1.54) is 0 Å². The highest BCUT2D eigenvalue weighted by Crippen LogP contribution is 2.08. The number of hydrogen-bond donors (Lipinski definition) is 4. The Morgan fingerprint density at radius 3 is 1.31 bits per heavy atom. The molecule has 96 valence electrons. The maximum absolute atomic E-state index is 9.02. The Kier molecular flexibility index (Phi) is 6.28. The minimum atomic E-state index is -0.0984. The molecule has 4 atom stereocenters. The molecule has 2 saturated heterocycles. The van der Waals surface area contributed by atoms with Crippen LogP contribution in [0.15, 0.2) is 0 Å². The zero-order chi connectivity index (χ0) is 12.0. The average Bonchev–Trinajstić information content (AvgIpc) is 2.17. The Morgan fingerprint density at radius 2 is 1.12 bits per heavy atom. The number of hydrogen-bond acceptors (Lipinski definition) is 4. The number of β-amino-alcohol motifs (C(OH)–C–C–N with tert-alkyl or cyclic N) is 2. The highest BCUT2D eigenvalue weighted by Gasteiger charge is 2.15. The van der Waals surface area contributed by atoms with E-state index in [1.807, 2.05) is 0 Å². The van der Waals surface area contributed by atoms with E-state index in [-0.39, 0.29) is 12.2 Å². The number of aliphatic hydroxyl groups is 2. The van der Waals surface area contributed by atoms with Gasteiger partial charge in [0.2, 0.25) is 0 Å². The second kappa shape index (κ2) is 7.22. The molecule has 4 heteroatoms. The SMILES string of the molecule is C[C@@H]1CNC[C@H](O)C1.C[C@H]1CNC[C@@H](O)C1. The first-order valence-electron chi connectivity index (χ1n) is 6.35. The van der Waals surface area contributed by atoms with Crippen molar-refractivity contribution in [3.05, 3.63) is 0 Å². The van der Waals surface area contributed by atoms with Gasteiger partial charge in [0, 0.05) is 13.1 Å². The van der Waals surface area contributed by atoms with Crippen LogP contribution in [-0.4, -0.2) is 48.6 Å². The van der Waals surface area contributed by atoms with Crippen LogP contribution in [-0.2, 0) is 0 Å². The standard InChI is InChI=1S/2C6H13NO/c2*1-5-2-6(8)4-7-3-5/h2*5-8H,2-4H2,1H3/t2*5-,6+/m10/s1. The molecule has 2 rings (SSSR count). The summed E-state index contributed by atoms with van der Waals surface area (Å²) in [5.74, 6) is 1.30. The quantitative estimate of drug-likeness (QED) is 0.471. The van der Waals surface area contributed by atoms with Gasteiger partial charge in [0.15, 0.2) is 0 Å². The van der Waals surface area contributed by atoms with Gasteiger partial charge in [-0.3, -0.25) is 0 Å². The van der Waals surface area contributed by atoms with E-state index in [4.69, 9.17) is 10.2 Å². The topological polar surface area (TPSA) is 64.5 Å². The van der Waals surface area contributed by atoms with Crippen LogP contribution in [0.25, 0.3) is 0 Å². The van der Waals surface area contributed by atoms with E-state index in [0.29, 0.717) is 11.8 Å². The monoisotopic (exact) mass is 230 g/mol. The minimum absolute atomic E-state index is 0.0984. The molecule has 4 nitrogen and oxygen atoms in total. The zero-order valence-corrected chi connectivity index (χ0v) is 10.4. The molecule has 0 saturated carbocycles. The summed E-state index contributed by atoms with van der Waals surface area (Å²) in [7, 11) is 0. The van der Waals surface area contributed by atoms with E-state index in [0.717, 1.165) is 39.0 Å². The fraction of sp³-hybridized carbons (Fsp3) is 1.00. The second-order valence-corrected chi connectivity index (χ2v) is 5.31. The molecule has 0 aromatic rings. The van der Waals surface area contributed by atoms with Crippen LogP contribution in [0.5, 0.6) is 0 Å². The molecule has 0 aromatic heterocycles. The van der Waals surface area contributed by atoms with Gasteiger partial charge in [0.05, 0.1) is 12.2 Å². The number of rotatable bonds is 0. The third-order valence-electron chi connectivity index (χ3n) is 3.09. The second-order valence-electron chi connectivity index (χ2n) is 5.31. The third kappa shape index (κ3) is 5.80. The third-order valence-corrected chi connectivity index (χ3v) is 3.09. The van der Waals surface area contributed by atoms with Crippen LogP contribution >= 0.6 is 0 Å². The normalized spacial score (nSPS) is 39.8. The molecule has 4 N–H and O–H groups in total. The Labute approximate surface area is 98.4 Å². The first-order valence-corrected chi connectivity index (χ1v) is 6.35. The van der Waals surface area contributed by atoms with Crippen LogP contribution in [0, 0.1) is 11.8 Å². The molecule has 0 aromatic carbocycles. The van der Waals surface area contributed by atoms with E-state index in [9.17, 15) is 0 Å². The van der Waals surface area contributed by atoms with E-state index in [2.05, 4.69) is 24.5 Å². The van der Waals surface area contributed by atoms with Gasteiger partial charge in [-0.2, -0.15) is 0 Å². The molecular formula is C12H26N2O2. The molecular weight excluding hydrogens is 204 g/mol. The Morgan fingerprint density at radius 1 is 0.750 bits per heavy atom. The summed E-state index contributed by atoms with van der Waals surface area (Å²) in [4.78, 5) is 0. The van der Waals surface area contributed by atoms with Crippen molar-refractivity contribution in [1.29, 1.82) is 0 Å². The van der Waals surface area contributed by atoms with Crippen LogP contribution in [0.2, 0.25) is 0 Å². The summed E-state index contributed by atoms with van der Waals surface area (Å²) in [6, 6.07) is 0. The summed E-state index contributed by atoms with van der Waals surface area (Å²) in [6.45, 7) is 7.99. The lowest BCUT2D eigenvalue weighted by molar-refractivity contribution is 0.119. The Hall–Kier alpha value is -0.160. The summed E-state index contributed by atoms with van der Waals surface area (Å²) < 4.78 is 0. The van der Waals surface area contributed by atoms with Gasteiger partial charge in [-0.1, -0.05) is 13.8 Å². The molecule has 2 aliphatic heterocycles. The van der Waals surface area contributed by atoms with Gasteiger partial charge < -0.3 is 20.8 Å². The molecule has 0 amide bonds. The first kappa shape index (κ1) is 13.9. The maximum Gasteiger partial charge on any atom is 0.0667 e. The highest BCUT2D eigenvalue weighted by molar-refractivity contribution is 4.72. The van der Waals surface area contributed by atoms with Crippen LogP contribution in [0.1, 0.15) is 26.7 Å². The number of aliphatic hydroxyl groups excluding tert-OH is 2. The van der Waals surface area contributed by atoms with E-state index < -0.39 is 0 Å². The van der Waals surface area contributed by atoms with Gasteiger partial charge in [-0.05, 0) is 37.8 Å². The van der Waals surface area contributed by atoms with Gasteiger partial charge in [0.25, 0.3) is 0 Å². The molecule has 0 unspecified atom stereocenters. The van der Waals surface area contributed by atoms with Gasteiger partial charge in [0.1, 0.15) is 0 Å². The summed E-state index contributed by atoms with van der Waals surface area (Å²) in [5.41, 5.74) is 0. The van der Waals surface area contributed by atoms with Crippen LogP contribution in [0.4, 0.5) is 0 Å². The summed E-state index contributed by atoms with van der Waals surface area (Å²) in [6.07, 6.45) is 1.73. The Bertz CT molecular complexity index is 154. The van der Waals surface area contributed by atoms with E-state index in [1.54, 1.807) is 0 Å². The smallest absolute Gasteiger partial charge is 0.0667 e. The minimum Gasteiger partial charge on any atom is -0.392 e. The fourth-order valence-electron chi connectivity index (χ4n) is 2.25. The van der Waals surface area contributed by atoms with Crippen molar-refractivity contribution in [3.63, 3.8) is 0 Å². The van der Waals surface area contributed by atoms with Crippen LogP contribution in [0.3, 0.4) is 0 Å². The largest absolute Gasteiger partial charge is 0.392 e. The molecule has 2 heterocycles. The van der Waals surface area contributed by atoms with Gasteiger partial charge in [-0.25, -0.2) is 0 Å². The molecule has 0 bridgehead atoms. The van der Waals surface area contributed by atoms with Crippen molar-refractivity contribution < 1.29 is 10.2 Å². The first-order chi connectivity index (χ1) is 7.58. The predicted octanol–water partition coefficient (Wildman–Crippen LogP) is -0.0466. The van der Waals surface area contributed by atoms with Crippen molar-refractivity contribution in [2.45, 2.75) is 38.9 Å². The summed E-state index contributed by atoms with van der Waals surface area (Å²) >= 11 is 0. The number of piperidine rings is 2. The lowest BCUT2D eigenvalue weighted by atomic mass is 10.0. The van der Waals surface area contributed by atoms with Crippen molar-refractivity contribution in [2.75, 3.05) is 26.2 Å². The van der Waals surface area contributed by atoms with Gasteiger partial charge in [-0.15, -0.1) is 0 Å². The van der Waals surface area contributed by atoms with E-state index >= 15 is 0 Å². The zero-order valence-electron chi connectivity index (χ0n) is 10.4. The number of nitrogens with one attached hydrogen (secondary N) is 2. The van der Waals surface area contributed by atoms with Crippen molar-refractivity contribution in [1.82, 2.24) is 10.6 Å². The fourth-order valence-corrected chi connectivity index (χ4v) is 2.25. The Balaban J connectivity index is 0.000000160. The molecule has 2 fully saturated rings. The van der Waals surface area contributed by atoms with Gasteiger partial charge >= 0.3 is 0 Å². The van der Waals surface area contributed by atoms with Crippen LogP contribution < -0.4 is 10.6 Å². The van der Waals surface area contributed by atoms with Crippen molar-refractivity contribution >= 4 is 0 Å². The molecule has 0 spiro atoms.